The van der Waals surface area contributed by atoms with Crippen LogP contribution >= 0.6 is 0 Å². The van der Waals surface area contributed by atoms with Gasteiger partial charge in [0.15, 0.2) is 0 Å². The summed E-state index contributed by atoms with van der Waals surface area (Å²) in [6.45, 7) is 6.76. The third kappa shape index (κ3) is 6.66. The SMILES string of the molecule is COCCN1CCCCN(C(=O)c2cnc3ccccc3c2)[C@@H](CC(C)C)COc2ccccc2C1=O. The molecule has 0 aliphatic carbocycles. The number of methoxy groups -OCH3 is 1. The molecule has 0 unspecified atom stereocenters. The van der Waals surface area contributed by atoms with Crippen molar-refractivity contribution in [1.29, 1.82) is 0 Å². The van der Waals surface area contributed by atoms with Crippen LogP contribution in [0.15, 0.2) is 60.8 Å². The van der Waals surface area contributed by atoms with Crippen LogP contribution in [0.4, 0.5) is 0 Å². The molecule has 1 atom stereocenters. The maximum absolute atomic E-state index is 13.9. The van der Waals surface area contributed by atoms with Crippen molar-refractivity contribution < 1.29 is 19.1 Å². The number of benzene rings is 2. The monoisotopic (exact) mass is 503 g/mol. The number of hydrogen-bond donors (Lipinski definition) is 0. The van der Waals surface area contributed by atoms with Crippen LogP contribution in [0, 0.1) is 5.92 Å². The molecule has 0 saturated heterocycles. The van der Waals surface area contributed by atoms with Gasteiger partial charge in [0.1, 0.15) is 12.4 Å². The molecule has 2 amide bonds. The number of aromatic nitrogens is 1. The molecule has 7 heteroatoms. The normalized spacial score (nSPS) is 17.2. The van der Waals surface area contributed by atoms with Crippen LogP contribution in [0.1, 0.15) is 53.8 Å². The Balaban J connectivity index is 1.66. The lowest BCUT2D eigenvalue weighted by atomic mass is 10.0. The van der Waals surface area contributed by atoms with E-state index in [1.54, 1.807) is 13.3 Å². The lowest BCUT2D eigenvalue weighted by Gasteiger charge is -2.34. The highest BCUT2D eigenvalue weighted by Crippen LogP contribution is 2.24. The Morgan fingerprint density at radius 1 is 1.11 bits per heavy atom. The Bertz CT molecular complexity index is 1210. The molecule has 2 aromatic carbocycles. The maximum atomic E-state index is 13.9. The van der Waals surface area contributed by atoms with Gasteiger partial charge < -0.3 is 19.3 Å². The molecular weight excluding hydrogens is 466 g/mol. The van der Waals surface area contributed by atoms with Crippen molar-refractivity contribution in [1.82, 2.24) is 14.8 Å². The van der Waals surface area contributed by atoms with Crippen molar-refractivity contribution in [2.45, 2.75) is 39.2 Å². The second kappa shape index (κ2) is 12.7. The molecule has 1 aliphatic rings. The zero-order valence-electron chi connectivity index (χ0n) is 22.1. The van der Waals surface area contributed by atoms with Crippen LogP contribution in [0.2, 0.25) is 0 Å². The van der Waals surface area contributed by atoms with Gasteiger partial charge in [0, 0.05) is 38.3 Å². The van der Waals surface area contributed by atoms with Gasteiger partial charge in [-0.25, -0.2) is 0 Å². The van der Waals surface area contributed by atoms with Crippen molar-refractivity contribution in [3.8, 4) is 5.75 Å². The molecule has 1 aromatic heterocycles. The molecule has 37 heavy (non-hydrogen) atoms. The summed E-state index contributed by atoms with van der Waals surface area (Å²) in [5, 5.41) is 0.945. The highest BCUT2D eigenvalue weighted by atomic mass is 16.5. The zero-order valence-corrected chi connectivity index (χ0v) is 22.1. The van der Waals surface area contributed by atoms with Gasteiger partial charge in [0.2, 0.25) is 0 Å². The molecule has 3 aromatic rings. The fourth-order valence-corrected chi connectivity index (χ4v) is 4.86. The fourth-order valence-electron chi connectivity index (χ4n) is 4.86. The molecule has 1 aliphatic heterocycles. The molecule has 0 saturated carbocycles. The van der Waals surface area contributed by atoms with Gasteiger partial charge in [-0.2, -0.15) is 0 Å². The van der Waals surface area contributed by atoms with Crippen molar-refractivity contribution in [3.63, 3.8) is 0 Å². The Morgan fingerprint density at radius 2 is 1.86 bits per heavy atom. The van der Waals surface area contributed by atoms with Crippen molar-refractivity contribution in [2.24, 2.45) is 5.92 Å². The van der Waals surface area contributed by atoms with E-state index < -0.39 is 0 Å². The average Bonchev–Trinajstić information content (AvgIpc) is 2.91. The van der Waals surface area contributed by atoms with Crippen LogP contribution in [-0.2, 0) is 4.74 Å². The van der Waals surface area contributed by atoms with Gasteiger partial charge in [0.05, 0.1) is 29.3 Å². The minimum Gasteiger partial charge on any atom is -0.491 e. The lowest BCUT2D eigenvalue weighted by Crippen LogP contribution is -2.45. The number of hydrogen-bond acceptors (Lipinski definition) is 5. The number of ether oxygens (including phenoxy) is 2. The third-order valence-corrected chi connectivity index (χ3v) is 6.76. The smallest absolute Gasteiger partial charge is 0.257 e. The van der Waals surface area contributed by atoms with Crippen LogP contribution in [0.25, 0.3) is 10.9 Å². The summed E-state index contributed by atoms with van der Waals surface area (Å²) >= 11 is 0. The molecule has 7 nitrogen and oxygen atoms in total. The van der Waals surface area contributed by atoms with Crippen LogP contribution in [0.5, 0.6) is 5.75 Å². The molecule has 0 bridgehead atoms. The third-order valence-electron chi connectivity index (χ3n) is 6.76. The second-order valence-corrected chi connectivity index (χ2v) is 10.00. The predicted octanol–water partition coefficient (Wildman–Crippen LogP) is 5.05. The lowest BCUT2D eigenvalue weighted by molar-refractivity contribution is 0.0545. The first kappa shape index (κ1) is 26.6. The van der Waals surface area contributed by atoms with Gasteiger partial charge >= 0.3 is 0 Å². The number of para-hydroxylation sites is 2. The van der Waals surface area contributed by atoms with Crippen LogP contribution in [0.3, 0.4) is 0 Å². The molecule has 0 N–H and O–H groups in total. The van der Waals surface area contributed by atoms with E-state index in [4.69, 9.17) is 9.47 Å². The van der Waals surface area contributed by atoms with E-state index in [-0.39, 0.29) is 17.9 Å². The standard InChI is InChI=1S/C30H37N3O4/c1-22(2)18-25-21-37-28-13-7-5-11-26(28)30(35)32(16-17-36-3)14-8-9-15-33(25)29(34)24-19-23-10-4-6-12-27(23)31-20-24/h4-7,10-13,19-20,22,25H,8-9,14-18,21H2,1-3H3/t25-/m0/s1. The first-order chi connectivity index (χ1) is 18.0. The van der Waals surface area contributed by atoms with E-state index in [1.807, 2.05) is 64.4 Å². The summed E-state index contributed by atoms with van der Waals surface area (Å²) in [4.78, 5) is 35.6. The van der Waals surface area contributed by atoms with Gasteiger partial charge in [-0.05, 0) is 49.4 Å². The van der Waals surface area contributed by atoms with E-state index in [0.29, 0.717) is 55.6 Å². The number of nitrogens with zero attached hydrogens (tertiary/aromatic N) is 3. The van der Waals surface area contributed by atoms with Crippen molar-refractivity contribution >= 4 is 22.7 Å². The van der Waals surface area contributed by atoms with Gasteiger partial charge in [0.25, 0.3) is 11.8 Å². The Hall–Kier alpha value is -3.45. The van der Waals surface area contributed by atoms with E-state index in [0.717, 1.165) is 30.2 Å². The summed E-state index contributed by atoms with van der Waals surface area (Å²) in [5.41, 5.74) is 1.99. The maximum Gasteiger partial charge on any atom is 0.257 e. The molecule has 0 spiro atoms. The predicted molar refractivity (Wildman–Crippen MR) is 145 cm³/mol. The number of carbonyl (C=O) groups is 2. The topological polar surface area (TPSA) is 72.0 Å². The Morgan fingerprint density at radius 3 is 2.68 bits per heavy atom. The largest absolute Gasteiger partial charge is 0.491 e. The summed E-state index contributed by atoms with van der Waals surface area (Å²) in [6.07, 6.45) is 4.03. The highest BCUT2D eigenvalue weighted by Gasteiger charge is 2.28. The Labute approximate surface area is 219 Å². The summed E-state index contributed by atoms with van der Waals surface area (Å²) in [6, 6.07) is 17.0. The van der Waals surface area contributed by atoms with Crippen molar-refractivity contribution in [2.75, 3.05) is 40.0 Å². The number of fused-ring (bicyclic) bond motifs is 2. The fraction of sp³-hybridized carbons (Fsp3) is 0.433. The molecule has 2 heterocycles. The number of carbonyl (C=O) groups excluding carboxylic acids is 2. The molecule has 0 radical (unpaired) electrons. The van der Waals surface area contributed by atoms with E-state index in [1.165, 1.54) is 0 Å². The first-order valence-electron chi connectivity index (χ1n) is 13.1. The van der Waals surface area contributed by atoms with Gasteiger partial charge in [-0.1, -0.05) is 44.2 Å². The van der Waals surface area contributed by atoms with E-state index >= 15 is 0 Å². The van der Waals surface area contributed by atoms with Crippen LogP contribution < -0.4 is 4.74 Å². The number of amides is 2. The molecule has 4 rings (SSSR count). The molecular formula is C30H37N3O4. The quantitative estimate of drug-likeness (QED) is 0.471. The minimum absolute atomic E-state index is 0.0369. The number of pyridine rings is 1. The summed E-state index contributed by atoms with van der Waals surface area (Å²) in [7, 11) is 1.64. The molecule has 0 fully saturated rings. The van der Waals surface area contributed by atoms with Crippen LogP contribution in [-0.4, -0.2) is 72.6 Å². The van der Waals surface area contributed by atoms with Gasteiger partial charge in [-0.3, -0.25) is 14.6 Å². The van der Waals surface area contributed by atoms with E-state index in [2.05, 4.69) is 18.8 Å². The Kier molecular flexibility index (Phi) is 9.12. The number of rotatable bonds is 6. The average molecular weight is 504 g/mol. The highest BCUT2D eigenvalue weighted by molar-refractivity contribution is 5.98. The minimum atomic E-state index is -0.133. The van der Waals surface area contributed by atoms with E-state index in [9.17, 15) is 9.59 Å². The zero-order chi connectivity index (χ0) is 26.2. The summed E-state index contributed by atoms with van der Waals surface area (Å²) in [5.74, 6) is 0.825. The van der Waals surface area contributed by atoms with Gasteiger partial charge in [-0.15, -0.1) is 0 Å². The summed E-state index contributed by atoms with van der Waals surface area (Å²) < 4.78 is 11.5. The second-order valence-electron chi connectivity index (χ2n) is 10.00. The first-order valence-corrected chi connectivity index (χ1v) is 13.1. The molecule has 196 valence electrons. The van der Waals surface area contributed by atoms with Crippen molar-refractivity contribution in [3.05, 3.63) is 71.9 Å².